The molecule has 3 heterocycles. The molecule has 3 aliphatic heterocycles. The highest BCUT2D eigenvalue weighted by Gasteiger charge is 2.73. The monoisotopic (exact) mass is 400 g/mol. The zero-order valence-corrected chi connectivity index (χ0v) is 16.8. The van der Waals surface area contributed by atoms with Crippen LogP contribution in [0.5, 0.6) is 0 Å². The maximum absolute atomic E-state index is 13.5. The van der Waals surface area contributed by atoms with E-state index in [0.717, 1.165) is 0 Å². The molecular weight excluding hydrogens is 376 g/mol. The number of aliphatic imine (C=N–C) groups is 1. The van der Waals surface area contributed by atoms with Gasteiger partial charge in [0.15, 0.2) is 11.5 Å². The fourth-order valence-electron chi connectivity index (χ4n) is 4.86. The molecule has 4 aliphatic rings. The zero-order valence-electron chi connectivity index (χ0n) is 16.8. The van der Waals surface area contributed by atoms with Gasteiger partial charge in [-0.2, -0.15) is 0 Å². The number of ether oxygens (including phenoxy) is 2. The van der Waals surface area contributed by atoms with Crippen LogP contribution < -0.4 is 11.1 Å². The Morgan fingerprint density at radius 1 is 1.48 bits per heavy atom. The van der Waals surface area contributed by atoms with E-state index in [1.54, 1.807) is 20.8 Å². The fraction of sp³-hybridized carbons (Fsp3) is 0.600. The average Bonchev–Trinajstić information content (AvgIpc) is 3.28. The third kappa shape index (κ3) is 2.56. The Morgan fingerprint density at radius 2 is 2.17 bits per heavy atom. The van der Waals surface area contributed by atoms with Gasteiger partial charge in [-0.1, -0.05) is 5.92 Å². The van der Waals surface area contributed by atoms with Crippen molar-refractivity contribution in [1.82, 2.24) is 10.2 Å². The molecule has 0 bridgehead atoms. The van der Waals surface area contributed by atoms with Crippen molar-refractivity contribution in [3.63, 3.8) is 0 Å². The van der Waals surface area contributed by atoms with Gasteiger partial charge >= 0.3 is 6.09 Å². The van der Waals surface area contributed by atoms with E-state index in [9.17, 15) is 14.4 Å². The Balaban J connectivity index is 1.86. The SMILES string of the molecule is C#CC(C)(C)N=C1C(=O)C2=C(C(=O)C1C)N1CC3NC3C1(OC)C2COC(N)=O. The predicted octanol–water partition coefficient (Wildman–Crippen LogP) is -0.395. The van der Waals surface area contributed by atoms with Gasteiger partial charge < -0.3 is 25.4 Å². The minimum atomic E-state index is -0.993. The molecule has 154 valence electrons. The van der Waals surface area contributed by atoms with E-state index < -0.39 is 29.2 Å². The van der Waals surface area contributed by atoms with E-state index in [4.69, 9.17) is 21.6 Å². The maximum atomic E-state index is 13.5. The molecule has 3 N–H and O–H groups in total. The topological polar surface area (TPSA) is 133 Å². The van der Waals surface area contributed by atoms with E-state index in [0.29, 0.717) is 12.2 Å². The number of Topliss-reactive ketones (excluding diaryl/α,β-unsaturated/α-hetero) is 2. The number of amides is 1. The summed E-state index contributed by atoms with van der Waals surface area (Å²) >= 11 is 0. The summed E-state index contributed by atoms with van der Waals surface area (Å²) in [7, 11) is 1.53. The van der Waals surface area contributed by atoms with Crippen LogP contribution >= 0.6 is 0 Å². The quantitative estimate of drug-likeness (QED) is 0.485. The first-order valence-electron chi connectivity index (χ1n) is 9.50. The number of rotatable bonds is 4. The summed E-state index contributed by atoms with van der Waals surface area (Å²) in [4.78, 5) is 44.5. The highest BCUT2D eigenvalue weighted by molar-refractivity contribution is 6.53. The Bertz CT molecular complexity index is 930. The van der Waals surface area contributed by atoms with Crippen LogP contribution in [0.4, 0.5) is 4.79 Å². The van der Waals surface area contributed by atoms with Gasteiger partial charge in [0.1, 0.15) is 12.1 Å². The smallest absolute Gasteiger partial charge is 0.404 e. The number of carbonyl (C=O) groups is 3. The fourth-order valence-corrected chi connectivity index (χ4v) is 4.86. The van der Waals surface area contributed by atoms with Crippen LogP contribution in [0.2, 0.25) is 0 Å². The molecule has 29 heavy (non-hydrogen) atoms. The number of hydrogen-bond donors (Lipinski definition) is 2. The number of methoxy groups -OCH3 is 1. The molecule has 2 fully saturated rings. The van der Waals surface area contributed by atoms with Gasteiger partial charge in [-0.05, 0) is 20.8 Å². The van der Waals surface area contributed by atoms with Crippen molar-refractivity contribution in [2.24, 2.45) is 22.6 Å². The third-order valence-corrected chi connectivity index (χ3v) is 6.29. The largest absolute Gasteiger partial charge is 0.449 e. The van der Waals surface area contributed by atoms with Gasteiger partial charge in [0.05, 0.1) is 29.3 Å². The van der Waals surface area contributed by atoms with Crippen LogP contribution in [0.1, 0.15) is 20.8 Å². The van der Waals surface area contributed by atoms with Gasteiger partial charge in [-0.15, -0.1) is 6.42 Å². The second kappa shape index (κ2) is 6.15. The number of carbonyl (C=O) groups excluding carboxylic acids is 3. The summed E-state index contributed by atoms with van der Waals surface area (Å²) in [5.74, 6) is 0.543. The van der Waals surface area contributed by atoms with Crippen LogP contribution in [0.3, 0.4) is 0 Å². The Labute approximate surface area is 168 Å². The number of ketones is 2. The predicted molar refractivity (Wildman–Crippen MR) is 103 cm³/mol. The molecule has 4 rings (SSSR count). The van der Waals surface area contributed by atoms with Gasteiger partial charge in [-0.25, -0.2) is 4.79 Å². The Hall–Kier alpha value is -2.70. The zero-order chi connectivity index (χ0) is 21.3. The number of terminal acetylenes is 1. The third-order valence-electron chi connectivity index (χ3n) is 6.29. The highest BCUT2D eigenvalue weighted by atomic mass is 16.6. The minimum absolute atomic E-state index is 0.0852. The molecule has 0 aromatic carbocycles. The molecule has 1 aliphatic carbocycles. The molecule has 0 spiro atoms. The first kappa shape index (κ1) is 19.6. The number of primary amides is 1. The summed E-state index contributed by atoms with van der Waals surface area (Å²) < 4.78 is 11.0. The summed E-state index contributed by atoms with van der Waals surface area (Å²) in [5, 5.41) is 3.31. The molecule has 9 nitrogen and oxygen atoms in total. The lowest BCUT2D eigenvalue weighted by molar-refractivity contribution is -0.138. The van der Waals surface area contributed by atoms with Crippen LogP contribution in [0, 0.1) is 24.2 Å². The van der Waals surface area contributed by atoms with Crippen molar-refractivity contribution in [3.8, 4) is 12.3 Å². The summed E-state index contributed by atoms with van der Waals surface area (Å²) in [5.41, 5.74) is 3.95. The number of nitrogens with zero attached hydrogens (tertiary/aromatic N) is 2. The normalized spacial score (nSPS) is 36.7. The molecular formula is C20H24N4O5. The number of nitrogens with one attached hydrogen (secondary N) is 1. The highest BCUT2D eigenvalue weighted by Crippen LogP contribution is 2.55. The lowest BCUT2D eigenvalue weighted by Crippen LogP contribution is -2.55. The lowest BCUT2D eigenvalue weighted by atomic mass is 9.78. The number of hydrogen-bond acceptors (Lipinski definition) is 8. The van der Waals surface area contributed by atoms with Crippen molar-refractivity contribution in [2.45, 2.75) is 44.1 Å². The van der Waals surface area contributed by atoms with Crippen molar-refractivity contribution in [1.29, 1.82) is 0 Å². The van der Waals surface area contributed by atoms with E-state index >= 15 is 0 Å². The van der Waals surface area contributed by atoms with Crippen LogP contribution in [0.15, 0.2) is 16.3 Å². The Morgan fingerprint density at radius 3 is 2.76 bits per heavy atom. The number of fused-ring (bicyclic) bond motifs is 4. The molecule has 0 aromatic heterocycles. The van der Waals surface area contributed by atoms with Crippen LogP contribution in [-0.2, 0) is 19.1 Å². The van der Waals surface area contributed by atoms with Crippen molar-refractivity contribution < 1.29 is 23.9 Å². The van der Waals surface area contributed by atoms with E-state index in [2.05, 4.69) is 16.2 Å². The number of nitrogens with two attached hydrogens (primary N) is 1. The molecule has 5 atom stereocenters. The van der Waals surface area contributed by atoms with Gasteiger partial charge in [0.2, 0.25) is 5.78 Å². The lowest BCUT2D eigenvalue weighted by Gasteiger charge is -2.39. The summed E-state index contributed by atoms with van der Waals surface area (Å²) in [6.07, 6.45) is 4.57. The average molecular weight is 400 g/mol. The van der Waals surface area contributed by atoms with Gasteiger partial charge in [0.25, 0.3) is 0 Å². The van der Waals surface area contributed by atoms with Crippen LogP contribution in [0.25, 0.3) is 0 Å². The second-order valence-electron chi connectivity index (χ2n) is 8.38. The van der Waals surface area contributed by atoms with E-state index in [1.807, 2.05) is 4.90 Å². The van der Waals surface area contributed by atoms with Crippen molar-refractivity contribution >= 4 is 23.4 Å². The summed E-state index contributed by atoms with van der Waals surface area (Å²) in [6.45, 7) is 5.40. The molecule has 1 amide bonds. The van der Waals surface area contributed by atoms with E-state index in [1.165, 1.54) is 7.11 Å². The summed E-state index contributed by atoms with van der Waals surface area (Å²) in [6, 6.07) is 0.0618. The molecule has 0 radical (unpaired) electrons. The Kier molecular flexibility index (Phi) is 4.16. The van der Waals surface area contributed by atoms with Gasteiger partial charge in [0, 0.05) is 25.3 Å². The first-order valence-corrected chi connectivity index (χ1v) is 9.50. The van der Waals surface area contributed by atoms with E-state index in [-0.39, 0.29) is 41.5 Å². The van der Waals surface area contributed by atoms with Crippen molar-refractivity contribution in [2.75, 3.05) is 20.3 Å². The number of allylic oxidation sites excluding steroid dienone is 1. The standard InChI is InChI=1S/C20H24N4O5/c1-6-19(3,4)23-13-9(2)15(25)14-12(16(13)26)10(8-29-18(21)27)20(28-5)17-11(22-17)7-24(14)20/h1,9-11,17,22H,7-8H2,2-5H3,(H2,21,27). The maximum Gasteiger partial charge on any atom is 0.404 e. The molecule has 5 unspecified atom stereocenters. The minimum Gasteiger partial charge on any atom is -0.449 e. The first-order chi connectivity index (χ1) is 13.6. The van der Waals surface area contributed by atoms with Gasteiger partial charge in [-0.3, -0.25) is 14.6 Å². The van der Waals surface area contributed by atoms with Crippen LogP contribution in [-0.4, -0.2) is 71.9 Å². The molecule has 0 saturated carbocycles. The molecule has 9 heteroatoms. The second-order valence-corrected chi connectivity index (χ2v) is 8.38. The molecule has 0 aromatic rings. The molecule has 2 saturated heterocycles. The van der Waals surface area contributed by atoms with Crippen molar-refractivity contribution in [3.05, 3.63) is 11.3 Å². The number of piperazine rings is 1.